The van der Waals surface area contributed by atoms with Gasteiger partial charge in [-0.1, -0.05) is 24.3 Å². The van der Waals surface area contributed by atoms with Gasteiger partial charge in [-0.25, -0.2) is 0 Å². The zero-order valence-electron chi connectivity index (χ0n) is 11.9. The highest BCUT2D eigenvalue weighted by molar-refractivity contribution is 5.90. The van der Waals surface area contributed by atoms with E-state index in [0.29, 0.717) is 6.42 Å². The van der Waals surface area contributed by atoms with Crippen LogP contribution >= 0.6 is 0 Å². The van der Waals surface area contributed by atoms with Gasteiger partial charge in [0.2, 0.25) is 5.91 Å². The van der Waals surface area contributed by atoms with E-state index in [1.165, 1.54) is 5.56 Å². The van der Waals surface area contributed by atoms with Crippen molar-refractivity contribution in [3.05, 3.63) is 59.7 Å². The molecule has 1 aliphatic carbocycles. The van der Waals surface area contributed by atoms with Crippen molar-refractivity contribution in [3.8, 4) is 5.75 Å². The van der Waals surface area contributed by atoms with Crippen LogP contribution in [0.4, 0.5) is 5.69 Å². The topological polar surface area (TPSA) is 64.3 Å². The third kappa shape index (κ3) is 2.23. The number of fused-ring (bicyclic) bond motifs is 1. The first-order valence-electron chi connectivity index (χ1n) is 6.96. The normalized spacial score (nSPS) is 19.9. The molecule has 0 bridgehead atoms. The summed E-state index contributed by atoms with van der Waals surface area (Å²) >= 11 is 0. The lowest BCUT2D eigenvalue weighted by atomic mass is 9.90. The van der Waals surface area contributed by atoms with Crippen molar-refractivity contribution >= 4 is 11.6 Å². The molecule has 4 heteroatoms. The van der Waals surface area contributed by atoms with Crippen LogP contribution in [0.5, 0.6) is 5.75 Å². The van der Waals surface area contributed by atoms with Crippen molar-refractivity contribution < 1.29 is 9.53 Å². The number of hydrogen-bond acceptors (Lipinski definition) is 3. The van der Waals surface area contributed by atoms with E-state index in [1.54, 1.807) is 7.11 Å². The second kappa shape index (κ2) is 5.13. The molecule has 0 saturated carbocycles. The summed E-state index contributed by atoms with van der Waals surface area (Å²) in [4.78, 5) is 12.1. The molecular formula is C17H18N2O2. The lowest BCUT2D eigenvalue weighted by Gasteiger charge is -2.29. The number of methoxy groups -OCH3 is 1. The van der Waals surface area contributed by atoms with Crippen molar-refractivity contribution in [2.45, 2.75) is 18.4 Å². The van der Waals surface area contributed by atoms with Crippen molar-refractivity contribution in [1.29, 1.82) is 0 Å². The fourth-order valence-electron chi connectivity index (χ4n) is 2.98. The van der Waals surface area contributed by atoms with E-state index in [9.17, 15) is 4.79 Å². The quantitative estimate of drug-likeness (QED) is 0.905. The predicted molar refractivity (Wildman–Crippen MR) is 82.3 cm³/mol. The second-order valence-corrected chi connectivity index (χ2v) is 5.28. The number of hydrogen-bond donors (Lipinski definition) is 2. The van der Waals surface area contributed by atoms with Crippen LogP contribution in [0.2, 0.25) is 0 Å². The predicted octanol–water partition coefficient (Wildman–Crippen LogP) is 2.43. The van der Waals surface area contributed by atoms with Gasteiger partial charge in [0.1, 0.15) is 11.3 Å². The average Bonchev–Trinajstić information content (AvgIpc) is 2.88. The molecule has 0 saturated heterocycles. The highest BCUT2D eigenvalue weighted by atomic mass is 16.5. The summed E-state index contributed by atoms with van der Waals surface area (Å²) in [5.41, 5.74) is 7.91. The van der Waals surface area contributed by atoms with Crippen molar-refractivity contribution in [3.63, 3.8) is 0 Å². The summed E-state index contributed by atoms with van der Waals surface area (Å²) in [5.74, 6) is 0.434. The first-order valence-corrected chi connectivity index (χ1v) is 6.96. The van der Waals surface area contributed by atoms with Crippen molar-refractivity contribution in [2.24, 2.45) is 5.73 Å². The fourth-order valence-corrected chi connectivity index (χ4v) is 2.98. The highest BCUT2D eigenvalue weighted by Gasteiger charge is 2.43. The Morgan fingerprint density at radius 3 is 2.57 bits per heavy atom. The van der Waals surface area contributed by atoms with Crippen LogP contribution in [0.25, 0.3) is 0 Å². The molecule has 2 aromatic carbocycles. The molecule has 0 aliphatic heterocycles. The molecule has 0 fully saturated rings. The number of amides is 1. The van der Waals surface area contributed by atoms with Gasteiger partial charge in [0.15, 0.2) is 0 Å². The lowest BCUT2D eigenvalue weighted by molar-refractivity contribution is -0.122. The van der Waals surface area contributed by atoms with Crippen molar-refractivity contribution in [1.82, 2.24) is 0 Å². The Morgan fingerprint density at radius 2 is 1.90 bits per heavy atom. The van der Waals surface area contributed by atoms with Gasteiger partial charge in [0.25, 0.3) is 0 Å². The average molecular weight is 282 g/mol. The maximum Gasteiger partial charge on any atom is 0.247 e. The zero-order valence-corrected chi connectivity index (χ0v) is 11.9. The maximum absolute atomic E-state index is 12.1. The van der Waals surface area contributed by atoms with Gasteiger partial charge in [-0.3, -0.25) is 4.79 Å². The number of rotatable bonds is 4. The number of benzene rings is 2. The minimum Gasteiger partial charge on any atom is -0.497 e. The van der Waals surface area contributed by atoms with Crippen LogP contribution in [0.1, 0.15) is 17.5 Å². The number of primary amides is 1. The van der Waals surface area contributed by atoms with E-state index in [4.69, 9.17) is 10.5 Å². The van der Waals surface area contributed by atoms with Crippen LogP contribution < -0.4 is 15.8 Å². The number of nitrogens with two attached hydrogens (primary N) is 1. The number of carbonyl (C=O) groups is 1. The van der Waals surface area contributed by atoms with Gasteiger partial charge in [-0.05, 0) is 48.2 Å². The van der Waals surface area contributed by atoms with Crippen LogP contribution in [-0.2, 0) is 16.8 Å². The van der Waals surface area contributed by atoms with E-state index >= 15 is 0 Å². The Bertz CT molecular complexity index is 667. The minimum absolute atomic E-state index is 0.344. The summed E-state index contributed by atoms with van der Waals surface area (Å²) in [6.07, 6.45) is 1.52. The van der Waals surface area contributed by atoms with Gasteiger partial charge in [0.05, 0.1) is 7.11 Å². The van der Waals surface area contributed by atoms with E-state index in [0.717, 1.165) is 23.4 Å². The van der Waals surface area contributed by atoms with Gasteiger partial charge >= 0.3 is 0 Å². The minimum atomic E-state index is -0.828. The Morgan fingerprint density at radius 1 is 1.19 bits per heavy atom. The summed E-state index contributed by atoms with van der Waals surface area (Å²) in [7, 11) is 1.63. The van der Waals surface area contributed by atoms with Crippen LogP contribution in [0, 0.1) is 0 Å². The van der Waals surface area contributed by atoms with E-state index in [1.807, 2.05) is 42.5 Å². The number of nitrogens with one attached hydrogen (secondary N) is 1. The van der Waals surface area contributed by atoms with Gasteiger partial charge in [0, 0.05) is 5.69 Å². The molecule has 2 aromatic rings. The molecule has 3 N–H and O–H groups in total. The lowest BCUT2D eigenvalue weighted by Crippen LogP contribution is -2.46. The van der Waals surface area contributed by atoms with E-state index < -0.39 is 5.54 Å². The molecule has 0 heterocycles. The Labute approximate surface area is 123 Å². The third-order valence-electron chi connectivity index (χ3n) is 4.11. The number of aryl methyl sites for hydroxylation is 1. The smallest absolute Gasteiger partial charge is 0.247 e. The molecule has 0 aromatic heterocycles. The first-order chi connectivity index (χ1) is 10.2. The Kier molecular flexibility index (Phi) is 3.29. The first kappa shape index (κ1) is 13.5. The van der Waals surface area contributed by atoms with Crippen molar-refractivity contribution in [2.75, 3.05) is 12.4 Å². The number of carbonyl (C=O) groups excluding carboxylic acids is 1. The summed E-state index contributed by atoms with van der Waals surface area (Å²) < 4.78 is 5.15. The second-order valence-electron chi connectivity index (χ2n) is 5.28. The molecule has 21 heavy (non-hydrogen) atoms. The molecule has 1 amide bonds. The summed E-state index contributed by atoms with van der Waals surface area (Å²) in [5, 5.41) is 3.33. The summed E-state index contributed by atoms with van der Waals surface area (Å²) in [6, 6.07) is 15.5. The molecule has 1 aliphatic rings. The standard InChI is InChI=1S/C17H18N2O2/c1-21-14-8-6-13(7-9-14)19-17(16(18)20)11-10-12-4-2-3-5-15(12)17/h2-9,19H,10-11H2,1H3,(H2,18,20). The van der Waals surface area contributed by atoms with Crippen LogP contribution in [0.3, 0.4) is 0 Å². The molecule has 1 atom stereocenters. The zero-order chi connectivity index (χ0) is 14.9. The fraction of sp³-hybridized carbons (Fsp3) is 0.235. The highest BCUT2D eigenvalue weighted by Crippen LogP contribution is 2.39. The molecule has 3 rings (SSSR count). The molecule has 1 unspecified atom stereocenters. The number of ether oxygens (including phenoxy) is 1. The SMILES string of the molecule is COc1ccc(NC2(C(N)=O)CCc3ccccc32)cc1. The molecule has 4 nitrogen and oxygen atoms in total. The molecule has 0 spiro atoms. The number of anilines is 1. The Hall–Kier alpha value is -2.49. The van der Waals surface area contributed by atoms with Crippen LogP contribution in [0.15, 0.2) is 48.5 Å². The largest absolute Gasteiger partial charge is 0.497 e. The summed E-state index contributed by atoms with van der Waals surface area (Å²) in [6.45, 7) is 0. The van der Waals surface area contributed by atoms with Gasteiger partial charge in [-0.15, -0.1) is 0 Å². The molecule has 108 valence electrons. The van der Waals surface area contributed by atoms with E-state index in [-0.39, 0.29) is 5.91 Å². The van der Waals surface area contributed by atoms with Gasteiger partial charge < -0.3 is 15.8 Å². The Balaban J connectivity index is 1.98. The monoisotopic (exact) mass is 282 g/mol. The molecular weight excluding hydrogens is 264 g/mol. The van der Waals surface area contributed by atoms with Gasteiger partial charge in [-0.2, -0.15) is 0 Å². The van der Waals surface area contributed by atoms with E-state index in [2.05, 4.69) is 11.4 Å². The molecule has 0 radical (unpaired) electrons. The third-order valence-corrected chi connectivity index (χ3v) is 4.11. The van der Waals surface area contributed by atoms with Crippen LogP contribution in [-0.4, -0.2) is 13.0 Å². The maximum atomic E-state index is 12.1.